The molecule has 0 N–H and O–H groups in total. The molecule has 0 saturated heterocycles. The van der Waals surface area contributed by atoms with Crippen LogP contribution in [0.3, 0.4) is 0 Å². The average molecular weight is 338 g/mol. The van der Waals surface area contributed by atoms with Crippen LogP contribution in [0.4, 0.5) is 0 Å². The Morgan fingerprint density at radius 2 is 1.69 bits per heavy atom. The summed E-state index contributed by atoms with van der Waals surface area (Å²) in [4.78, 5) is 8.22. The van der Waals surface area contributed by atoms with E-state index in [-0.39, 0.29) is 0 Å². The van der Waals surface area contributed by atoms with Gasteiger partial charge in [-0.1, -0.05) is 40.9 Å². The van der Waals surface area contributed by atoms with Crippen molar-refractivity contribution in [2.45, 2.75) is 0 Å². The molecular formula is C10H4BrCl3N2. The summed E-state index contributed by atoms with van der Waals surface area (Å²) in [7, 11) is 0. The Labute approximate surface area is 116 Å². The summed E-state index contributed by atoms with van der Waals surface area (Å²) in [6.45, 7) is 0. The van der Waals surface area contributed by atoms with Gasteiger partial charge in [-0.25, -0.2) is 9.97 Å². The van der Waals surface area contributed by atoms with Crippen molar-refractivity contribution < 1.29 is 0 Å². The molecule has 1 heterocycles. The van der Waals surface area contributed by atoms with Crippen molar-refractivity contribution in [2.24, 2.45) is 0 Å². The normalized spacial score (nSPS) is 10.5. The summed E-state index contributed by atoms with van der Waals surface area (Å²) in [6.07, 6.45) is 1.56. The van der Waals surface area contributed by atoms with Crippen LogP contribution >= 0.6 is 50.7 Å². The number of benzene rings is 1. The molecule has 0 aliphatic carbocycles. The minimum absolute atomic E-state index is 0.320. The van der Waals surface area contributed by atoms with Crippen LogP contribution in [0, 0.1) is 0 Å². The fourth-order valence-electron chi connectivity index (χ4n) is 1.18. The van der Waals surface area contributed by atoms with E-state index < -0.39 is 0 Å². The molecule has 2 nitrogen and oxygen atoms in total. The fourth-order valence-corrected chi connectivity index (χ4v) is 2.06. The number of hydrogen-bond acceptors (Lipinski definition) is 2. The molecule has 0 aliphatic heterocycles. The lowest BCUT2D eigenvalue weighted by Crippen LogP contribution is -1.91. The van der Waals surface area contributed by atoms with E-state index in [0.29, 0.717) is 31.1 Å². The van der Waals surface area contributed by atoms with Crippen LogP contribution in [0.5, 0.6) is 0 Å². The molecule has 1 aromatic heterocycles. The molecule has 0 unspecified atom stereocenters. The van der Waals surface area contributed by atoms with Gasteiger partial charge in [0.1, 0.15) is 5.15 Å². The molecule has 0 fully saturated rings. The van der Waals surface area contributed by atoms with E-state index in [4.69, 9.17) is 34.8 Å². The van der Waals surface area contributed by atoms with Crippen LogP contribution in [0.1, 0.15) is 0 Å². The van der Waals surface area contributed by atoms with Gasteiger partial charge in [0.15, 0.2) is 5.82 Å². The Balaban J connectivity index is 2.63. The average Bonchev–Trinajstić information content (AvgIpc) is 2.23. The van der Waals surface area contributed by atoms with Gasteiger partial charge in [-0.15, -0.1) is 0 Å². The van der Waals surface area contributed by atoms with Crippen LogP contribution in [-0.2, 0) is 0 Å². The highest BCUT2D eigenvalue weighted by atomic mass is 79.9. The summed E-state index contributed by atoms with van der Waals surface area (Å²) in [6, 6.07) is 5.21. The Kier molecular flexibility index (Phi) is 3.70. The predicted molar refractivity (Wildman–Crippen MR) is 70.2 cm³/mol. The second-order valence-corrected chi connectivity index (χ2v) is 4.96. The number of aromatic nitrogens is 2. The van der Waals surface area contributed by atoms with Crippen molar-refractivity contribution in [3.63, 3.8) is 0 Å². The van der Waals surface area contributed by atoms with E-state index in [2.05, 4.69) is 25.9 Å². The number of nitrogens with zero attached hydrogens (tertiary/aromatic N) is 2. The third-order valence-electron chi connectivity index (χ3n) is 1.89. The van der Waals surface area contributed by atoms with Gasteiger partial charge in [-0.3, -0.25) is 0 Å². The molecule has 0 aliphatic rings. The Hall–Kier alpha value is -0.350. The molecule has 2 rings (SSSR count). The molecule has 2 aromatic rings. The molecule has 82 valence electrons. The molecule has 0 radical (unpaired) electrons. The highest BCUT2D eigenvalue weighted by Crippen LogP contribution is 2.33. The van der Waals surface area contributed by atoms with E-state index in [0.717, 1.165) is 0 Å². The van der Waals surface area contributed by atoms with Crippen LogP contribution in [-0.4, -0.2) is 9.97 Å². The van der Waals surface area contributed by atoms with Crippen LogP contribution in [0.15, 0.2) is 28.9 Å². The maximum Gasteiger partial charge on any atom is 0.163 e. The molecule has 0 saturated carbocycles. The highest BCUT2D eigenvalue weighted by molar-refractivity contribution is 9.10. The van der Waals surface area contributed by atoms with Crippen LogP contribution in [0.2, 0.25) is 15.2 Å². The summed E-state index contributed by atoms with van der Waals surface area (Å²) >= 11 is 21.2. The second kappa shape index (κ2) is 4.88. The van der Waals surface area contributed by atoms with Crippen LogP contribution in [0.25, 0.3) is 11.4 Å². The van der Waals surface area contributed by atoms with Crippen molar-refractivity contribution in [2.75, 3.05) is 0 Å². The van der Waals surface area contributed by atoms with Crippen molar-refractivity contribution in [3.05, 3.63) is 44.1 Å². The minimum atomic E-state index is 0.320. The largest absolute Gasteiger partial charge is 0.235 e. The third kappa shape index (κ3) is 2.33. The van der Waals surface area contributed by atoms with Gasteiger partial charge in [0.25, 0.3) is 0 Å². The van der Waals surface area contributed by atoms with Gasteiger partial charge in [-0.2, -0.15) is 0 Å². The summed E-state index contributed by atoms with van der Waals surface area (Å²) in [5, 5.41) is 1.30. The quantitative estimate of drug-likeness (QED) is 0.694. The zero-order valence-electron chi connectivity index (χ0n) is 7.72. The summed E-state index contributed by atoms with van der Waals surface area (Å²) < 4.78 is 0.626. The number of hydrogen-bond donors (Lipinski definition) is 0. The summed E-state index contributed by atoms with van der Waals surface area (Å²) in [5.74, 6) is 0.406. The lowest BCUT2D eigenvalue weighted by atomic mass is 10.2. The van der Waals surface area contributed by atoms with Crippen molar-refractivity contribution in [3.8, 4) is 11.4 Å². The smallest absolute Gasteiger partial charge is 0.163 e. The summed E-state index contributed by atoms with van der Waals surface area (Å²) in [5.41, 5.74) is 0.584. The minimum Gasteiger partial charge on any atom is -0.235 e. The van der Waals surface area contributed by atoms with E-state index in [1.165, 1.54) is 0 Å². The number of rotatable bonds is 1. The molecule has 0 atom stereocenters. The Morgan fingerprint density at radius 3 is 2.25 bits per heavy atom. The molecule has 0 spiro atoms. The maximum absolute atomic E-state index is 6.04. The zero-order valence-corrected chi connectivity index (χ0v) is 11.6. The van der Waals surface area contributed by atoms with Gasteiger partial charge in [0, 0.05) is 6.20 Å². The molecule has 1 aromatic carbocycles. The van der Waals surface area contributed by atoms with E-state index in [1.54, 1.807) is 24.4 Å². The van der Waals surface area contributed by atoms with Crippen molar-refractivity contribution in [1.82, 2.24) is 9.97 Å². The second-order valence-electron chi connectivity index (χ2n) is 2.93. The lowest BCUT2D eigenvalue weighted by Gasteiger charge is -2.05. The lowest BCUT2D eigenvalue weighted by molar-refractivity contribution is 1.16. The zero-order chi connectivity index (χ0) is 11.7. The molecule has 16 heavy (non-hydrogen) atoms. The van der Waals surface area contributed by atoms with Gasteiger partial charge in [0.2, 0.25) is 0 Å². The standard InChI is InChI=1S/C10H4BrCl3N2/c11-5-4-15-10(16-9(5)14)8-6(12)2-1-3-7(8)13/h1-4H. The first-order valence-corrected chi connectivity index (χ1v) is 6.14. The van der Waals surface area contributed by atoms with Gasteiger partial charge in [-0.05, 0) is 28.1 Å². The van der Waals surface area contributed by atoms with E-state index in [1.807, 2.05) is 0 Å². The predicted octanol–water partition coefficient (Wildman–Crippen LogP) is 4.87. The van der Waals surface area contributed by atoms with Gasteiger partial charge < -0.3 is 0 Å². The molecule has 0 amide bonds. The highest BCUT2D eigenvalue weighted by Gasteiger charge is 2.12. The molecular weight excluding hydrogens is 334 g/mol. The first-order valence-electron chi connectivity index (χ1n) is 4.22. The van der Waals surface area contributed by atoms with Crippen molar-refractivity contribution in [1.29, 1.82) is 0 Å². The topological polar surface area (TPSA) is 25.8 Å². The Bertz CT molecular complexity index is 525. The van der Waals surface area contributed by atoms with E-state index >= 15 is 0 Å². The first kappa shape index (κ1) is 12.1. The van der Waals surface area contributed by atoms with Crippen molar-refractivity contribution >= 4 is 50.7 Å². The third-order valence-corrected chi connectivity index (χ3v) is 3.61. The fraction of sp³-hybridized carbons (Fsp3) is 0. The molecule has 0 bridgehead atoms. The first-order chi connectivity index (χ1) is 7.59. The number of halogens is 4. The maximum atomic E-state index is 6.04. The van der Waals surface area contributed by atoms with Gasteiger partial charge in [0.05, 0.1) is 20.1 Å². The SMILES string of the molecule is Clc1cccc(Cl)c1-c1ncc(Br)c(Cl)n1. The van der Waals surface area contributed by atoms with Crippen LogP contribution < -0.4 is 0 Å². The Morgan fingerprint density at radius 1 is 1.06 bits per heavy atom. The van der Waals surface area contributed by atoms with Gasteiger partial charge >= 0.3 is 0 Å². The van der Waals surface area contributed by atoms with E-state index in [9.17, 15) is 0 Å². The molecule has 6 heteroatoms. The monoisotopic (exact) mass is 336 g/mol.